The van der Waals surface area contributed by atoms with Gasteiger partial charge in [-0.3, -0.25) is 4.68 Å². The smallest absolute Gasteiger partial charge is 0.443 e. The lowest BCUT2D eigenvalue weighted by Crippen LogP contribution is -2.56. The molecule has 5 nitrogen and oxygen atoms in total. The van der Waals surface area contributed by atoms with E-state index in [-0.39, 0.29) is 22.9 Å². The van der Waals surface area contributed by atoms with Crippen LogP contribution in [0.3, 0.4) is 0 Å². The second-order valence-corrected chi connectivity index (χ2v) is 6.16. The monoisotopic (exact) mass is 392 g/mol. The summed E-state index contributed by atoms with van der Waals surface area (Å²) in [5, 5.41) is 13.7. The minimum atomic E-state index is -5.14. The normalized spacial score (nSPS) is 19.4. The van der Waals surface area contributed by atoms with Gasteiger partial charge in [-0.15, -0.1) is 0 Å². The Kier molecular flexibility index (Phi) is 4.20. The largest absolute Gasteiger partial charge is 0.478 e. The van der Waals surface area contributed by atoms with Crippen molar-refractivity contribution >= 4 is 35.2 Å². The Morgan fingerprint density at radius 1 is 1.36 bits per heavy atom. The molecule has 0 saturated heterocycles. The van der Waals surface area contributed by atoms with Gasteiger partial charge in [-0.25, -0.2) is 4.79 Å². The quantitative estimate of drug-likeness (QED) is 0.856. The van der Waals surface area contributed by atoms with Crippen molar-refractivity contribution in [3.8, 4) is 5.75 Å². The standard InChI is InChI=1S/C15H9Cl2F3N2O3/c16-10-5-21-22(7-10)6-9-4-12-8(3-11(9)17)1-2-14(25-12,13(23)24)15(18,19)20/h1-5,7H,6H2,(H,23,24). The van der Waals surface area contributed by atoms with Crippen molar-refractivity contribution < 1.29 is 27.8 Å². The number of hydrogen-bond donors (Lipinski definition) is 1. The highest BCUT2D eigenvalue weighted by Crippen LogP contribution is 2.42. The molecule has 1 aliphatic heterocycles. The van der Waals surface area contributed by atoms with Gasteiger partial charge < -0.3 is 9.84 Å². The molecule has 0 saturated carbocycles. The molecule has 10 heteroatoms. The molecule has 2 aromatic rings. The second-order valence-electron chi connectivity index (χ2n) is 5.31. The summed E-state index contributed by atoms with van der Waals surface area (Å²) in [4.78, 5) is 11.2. The number of aromatic nitrogens is 2. The fraction of sp³-hybridized carbons (Fsp3) is 0.200. The summed E-state index contributed by atoms with van der Waals surface area (Å²) in [6, 6.07) is 2.66. The number of carbonyl (C=O) groups is 1. The fourth-order valence-electron chi connectivity index (χ4n) is 2.35. The third-order valence-corrected chi connectivity index (χ3v) is 4.17. The number of carboxylic acid groups (broad SMARTS) is 1. The topological polar surface area (TPSA) is 64.3 Å². The van der Waals surface area contributed by atoms with Gasteiger partial charge in [0.1, 0.15) is 5.75 Å². The molecule has 1 aromatic heterocycles. The van der Waals surface area contributed by atoms with E-state index in [1.54, 1.807) is 0 Å². The number of carboxylic acids is 1. The molecule has 1 atom stereocenters. The Morgan fingerprint density at radius 2 is 2.08 bits per heavy atom. The summed E-state index contributed by atoms with van der Waals surface area (Å²) in [7, 11) is 0. The molecule has 0 fully saturated rings. The van der Waals surface area contributed by atoms with Crippen LogP contribution in [0.4, 0.5) is 13.2 Å². The first kappa shape index (κ1) is 17.6. The highest BCUT2D eigenvalue weighted by atomic mass is 35.5. The predicted octanol–water partition coefficient (Wildman–Crippen LogP) is 4.03. The van der Waals surface area contributed by atoms with Crippen molar-refractivity contribution in [1.82, 2.24) is 9.78 Å². The van der Waals surface area contributed by atoms with Gasteiger partial charge in [0.05, 0.1) is 17.8 Å². The maximum Gasteiger partial charge on any atom is 0.443 e. The van der Waals surface area contributed by atoms with Crippen molar-refractivity contribution in [2.75, 3.05) is 0 Å². The lowest BCUT2D eigenvalue weighted by molar-refractivity contribution is -0.235. The molecule has 1 N–H and O–H groups in total. The molecule has 1 aromatic carbocycles. The van der Waals surface area contributed by atoms with E-state index in [4.69, 9.17) is 33.0 Å². The number of nitrogens with zero attached hydrogens (tertiary/aromatic N) is 2. The molecular formula is C15H9Cl2F3N2O3. The van der Waals surface area contributed by atoms with E-state index in [1.807, 2.05) is 0 Å². The van der Waals surface area contributed by atoms with Crippen molar-refractivity contribution in [1.29, 1.82) is 0 Å². The Balaban J connectivity index is 2.01. The minimum Gasteiger partial charge on any atom is -0.478 e. The number of benzene rings is 1. The van der Waals surface area contributed by atoms with E-state index < -0.39 is 17.7 Å². The number of ether oxygens (including phenoxy) is 1. The molecule has 0 aliphatic carbocycles. The number of fused-ring (bicyclic) bond motifs is 1. The molecule has 132 valence electrons. The van der Waals surface area contributed by atoms with Gasteiger partial charge in [-0.05, 0) is 23.8 Å². The number of hydrogen-bond acceptors (Lipinski definition) is 3. The van der Waals surface area contributed by atoms with Gasteiger partial charge in [-0.1, -0.05) is 29.3 Å². The molecule has 1 aliphatic rings. The third-order valence-electron chi connectivity index (χ3n) is 3.62. The predicted molar refractivity (Wildman–Crippen MR) is 83.9 cm³/mol. The number of alkyl halides is 3. The van der Waals surface area contributed by atoms with Crippen LogP contribution in [-0.2, 0) is 11.3 Å². The molecule has 3 rings (SSSR count). The first-order chi connectivity index (χ1) is 11.6. The third kappa shape index (κ3) is 3.07. The Hall–Kier alpha value is -2.19. The fourth-order valence-corrected chi connectivity index (χ4v) is 2.74. The molecule has 2 heterocycles. The van der Waals surface area contributed by atoms with Crippen LogP contribution in [0.15, 0.2) is 30.6 Å². The number of halogens is 5. The lowest BCUT2D eigenvalue weighted by Gasteiger charge is -2.32. The molecule has 1 unspecified atom stereocenters. The van der Waals surface area contributed by atoms with Crippen LogP contribution >= 0.6 is 23.2 Å². The van der Waals surface area contributed by atoms with E-state index in [9.17, 15) is 18.0 Å². The van der Waals surface area contributed by atoms with Gasteiger partial charge in [0.2, 0.25) is 0 Å². The van der Waals surface area contributed by atoms with Gasteiger partial charge in [0, 0.05) is 16.8 Å². The Bertz CT molecular complexity index is 879. The van der Waals surface area contributed by atoms with Crippen LogP contribution in [0, 0.1) is 0 Å². The van der Waals surface area contributed by atoms with Gasteiger partial charge in [-0.2, -0.15) is 18.3 Å². The first-order valence-corrected chi connectivity index (χ1v) is 7.57. The van der Waals surface area contributed by atoms with Crippen LogP contribution in [0.25, 0.3) is 6.08 Å². The summed E-state index contributed by atoms with van der Waals surface area (Å²) < 4.78 is 46.1. The Morgan fingerprint density at radius 3 is 2.64 bits per heavy atom. The van der Waals surface area contributed by atoms with Gasteiger partial charge in [0.25, 0.3) is 0 Å². The Labute approximate surface area is 149 Å². The highest BCUT2D eigenvalue weighted by Gasteiger charge is 2.63. The van der Waals surface area contributed by atoms with Crippen molar-refractivity contribution in [3.63, 3.8) is 0 Å². The van der Waals surface area contributed by atoms with Crippen LogP contribution in [0.5, 0.6) is 5.75 Å². The SMILES string of the molecule is O=C(O)C1(C(F)(F)F)C=Cc2cc(Cl)c(Cn3cc(Cl)cn3)cc2O1. The van der Waals surface area contributed by atoms with Crippen LogP contribution in [0.2, 0.25) is 10.0 Å². The lowest BCUT2D eigenvalue weighted by atomic mass is 9.97. The summed E-state index contributed by atoms with van der Waals surface area (Å²) in [5.41, 5.74) is -2.80. The first-order valence-electron chi connectivity index (χ1n) is 6.81. The van der Waals surface area contributed by atoms with E-state index in [0.29, 0.717) is 16.7 Å². The van der Waals surface area contributed by atoms with E-state index in [0.717, 1.165) is 6.08 Å². The summed E-state index contributed by atoms with van der Waals surface area (Å²) in [6.07, 6.45) is -0.744. The summed E-state index contributed by atoms with van der Waals surface area (Å²) in [6.45, 7) is 0.123. The average Bonchev–Trinajstić information content (AvgIpc) is 2.91. The number of rotatable bonds is 3. The average molecular weight is 393 g/mol. The molecule has 0 amide bonds. The zero-order valence-electron chi connectivity index (χ0n) is 12.2. The van der Waals surface area contributed by atoms with Crippen LogP contribution in [-0.4, -0.2) is 32.6 Å². The molecule has 0 radical (unpaired) electrons. The second kappa shape index (κ2) is 5.96. The highest BCUT2D eigenvalue weighted by molar-refractivity contribution is 6.31. The summed E-state index contributed by atoms with van der Waals surface area (Å²) >= 11 is 11.9. The van der Waals surface area contributed by atoms with E-state index in [1.165, 1.54) is 29.2 Å². The molecule has 25 heavy (non-hydrogen) atoms. The minimum absolute atomic E-state index is 0.123. The van der Waals surface area contributed by atoms with Crippen molar-refractivity contribution in [2.45, 2.75) is 18.3 Å². The molecule has 0 spiro atoms. The maximum absolute atomic E-state index is 13.3. The van der Waals surface area contributed by atoms with E-state index in [2.05, 4.69) is 5.10 Å². The maximum atomic E-state index is 13.3. The van der Waals surface area contributed by atoms with Crippen LogP contribution in [0.1, 0.15) is 11.1 Å². The van der Waals surface area contributed by atoms with Crippen LogP contribution < -0.4 is 4.74 Å². The zero-order valence-corrected chi connectivity index (χ0v) is 13.7. The molecule has 0 bridgehead atoms. The van der Waals surface area contributed by atoms with E-state index >= 15 is 0 Å². The van der Waals surface area contributed by atoms with Gasteiger partial charge in [0.15, 0.2) is 0 Å². The summed E-state index contributed by atoms with van der Waals surface area (Å²) in [5.74, 6) is -2.39. The van der Waals surface area contributed by atoms with Crippen molar-refractivity contribution in [3.05, 3.63) is 51.8 Å². The van der Waals surface area contributed by atoms with Crippen molar-refractivity contribution in [2.24, 2.45) is 0 Å². The molecular weight excluding hydrogens is 384 g/mol. The zero-order chi connectivity index (χ0) is 18.4. The number of aliphatic carboxylic acids is 1. The van der Waals surface area contributed by atoms with Gasteiger partial charge >= 0.3 is 17.7 Å².